The van der Waals surface area contributed by atoms with Gasteiger partial charge in [0, 0.05) is 12.7 Å². The van der Waals surface area contributed by atoms with Crippen molar-refractivity contribution in [1.29, 1.82) is 0 Å². The highest BCUT2D eigenvalue weighted by Gasteiger charge is 2.11. The Hall–Kier alpha value is -1.03. The van der Waals surface area contributed by atoms with Crippen molar-refractivity contribution in [2.75, 3.05) is 39.6 Å². The molecule has 8 nitrogen and oxygen atoms in total. The van der Waals surface area contributed by atoms with Gasteiger partial charge in [-0.1, -0.05) is 19.9 Å². The first-order valence-electron chi connectivity index (χ1n) is 9.33. The number of ether oxygens (including phenoxy) is 4. The molecule has 0 saturated carbocycles. The number of rotatable bonds is 16. The van der Waals surface area contributed by atoms with Crippen LogP contribution in [0.4, 0.5) is 0 Å². The van der Waals surface area contributed by atoms with Crippen LogP contribution in [0.3, 0.4) is 0 Å². The first kappa shape index (κ1) is 28.2. The SMILES string of the molecule is C=CC(=O)O.CCCCOCC(O)COC(C)COC(C)COC(C)CO. The predicted octanol–water partition coefficient (Wildman–Crippen LogP) is 1.63. The number of hydrogen-bond donors (Lipinski definition) is 3. The van der Waals surface area contributed by atoms with Crippen molar-refractivity contribution < 1.29 is 39.1 Å². The summed E-state index contributed by atoms with van der Waals surface area (Å²) in [6.45, 7) is 12.8. The van der Waals surface area contributed by atoms with Crippen LogP contribution in [0.25, 0.3) is 0 Å². The molecule has 0 aromatic carbocycles. The maximum absolute atomic E-state index is 9.71. The Bertz CT molecular complexity index is 351. The van der Waals surface area contributed by atoms with Gasteiger partial charge in [-0.2, -0.15) is 0 Å². The topological polar surface area (TPSA) is 115 Å². The van der Waals surface area contributed by atoms with E-state index in [9.17, 15) is 9.90 Å². The van der Waals surface area contributed by atoms with E-state index >= 15 is 0 Å². The number of carboxylic acids is 1. The number of aliphatic hydroxyl groups is 2. The summed E-state index contributed by atoms with van der Waals surface area (Å²) in [7, 11) is 0. The van der Waals surface area contributed by atoms with Crippen molar-refractivity contribution in [3.8, 4) is 0 Å². The standard InChI is InChI=1S/C16H34O6.C3H4O2/c1-5-6-7-19-11-16(18)12-22-15(4)10-21-14(3)9-20-13(2)8-17;1-2-3(4)5/h13-18H,5-12H2,1-4H3;2H,1H2,(H,4,5). The Morgan fingerprint density at radius 3 is 1.93 bits per heavy atom. The predicted molar refractivity (Wildman–Crippen MR) is 103 cm³/mol. The van der Waals surface area contributed by atoms with E-state index in [-0.39, 0.29) is 31.5 Å². The van der Waals surface area contributed by atoms with Crippen LogP contribution in [-0.2, 0) is 23.7 Å². The number of carboxylic acid groups (broad SMARTS) is 1. The normalized spacial score (nSPS) is 15.2. The third-order valence-electron chi connectivity index (χ3n) is 3.19. The van der Waals surface area contributed by atoms with Crippen LogP contribution >= 0.6 is 0 Å². The summed E-state index contributed by atoms with van der Waals surface area (Å²) in [6.07, 6.45) is 1.96. The van der Waals surface area contributed by atoms with Crippen molar-refractivity contribution in [3.63, 3.8) is 0 Å². The van der Waals surface area contributed by atoms with E-state index in [1.54, 1.807) is 0 Å². The second-order valence-electron chi connectivity index (χ2n) is 6.24. The van der Waals surface area contributed by atoms with Gasteiger partial charge >= 0.3 is 5.97 Å². The number of unbranched alkanes of at least 4 members (excludes halogenated alkanes) is 1. The molecule has 0 aliphatic heterocycles. The molecule has 0 spiro atoms. The van der Waals surface area contributed by atoms with E-state index in [4.69, 9.17) is 29.2 Å². The molecule has 27 heavy (non-hydrogen) atoms. The van der Waals surface area contributed by atoms with Crippen LogP contribution in [0.5, 0.6) is 0 Å². The molecule has 0 radical (unpaired) electrons. The number of carbonyl (C=O) groups is 1. The molecular weight excluding hydrogens is 356 g/mol. The largest absolute Gasteiger partial charge is 0.478 e. The van der Waals surface area contributed by atoms with E-state index in [0.29, 0.717) is 26.4 Å². The van der Waals surface area contributed by atoms with Crippen LogP contribution in [-0.4, -0.2) is 85.3 Å². The van der Waals surface area contributed by atoms with Crippen LogP contribution in [0.15, 0.2) is 12.7 Å². The molecule has 0 aromatic heterocycles. The molecule has 4 atom stereocenters. The number of hydrogen-bond acceptors (Lipinski definition) is 7. The molecule has 0 bridgehead atoms. The minimum absolute atomic E-state index is 0.00441. The second-order valence-corrected chi connectivity index (χ2v) is 6.24. The van der Waals surface area contributed by atoms with Crippen LogP contribution in [0.1, 0.15) is 40.5 Å². The summed E-state index contributed by atoms with van der Waals surface area (Å²) in [6, 6.07) is 0. The van der Waals surface area contributed by atoms with E-state index in [0.717, 1.165) is 18.9 Å². The van der Waals surface area contributed by atoms with Crippen LogP contribution < -0.4 is 0 Å². The summed E-state index contributed by atoms with van der Waals surface area (Å²) in [5.74, 6) is -0.981. The van der Waals surface area contributed by atoms with Gasteiger partial charge in [-0.25, -0.2) is 4.79 Å². The van der Waals surface area contributed by atoms with Crippen molar-refractivity contribution in [2.45, 2.75) is 65.0 Å². The maximum Gasteiger partial charge on any atom is 0.327 e. The molecule has 0 heterocycles. The average Bonchev–Trinajstić information content (AvgIpc) is 2.66. The summed E-state index contributed by atoms with van der Waals surface area (Å²) in [5, 5.41) is 26.2. The van der Waals surface area contributed by atoms with Gasteiger partial charge in [0.1, 0.15) is 6.10 Å². The molecule has 0 amide bonds. The van der Waals surface area contributed by atoms with Gasteiger partial charge in [0.15, 0.2) is 0 Å². The molecule has 8 heteroatoms. The minimum atomic E-state index is -0.981. The fourth-order valence-electron chi connectivity index (χ4n) is 1.54. The third-order valence-corrected chi connectivity index (χ3v) is 3.19. The van der Waals surface area contributed by atoms with E-state index in [1.807, 2.05) is 20.8 Å². The summed E-state index contributed by atoms with van der Waals surface area (Å²) in [5.41, 5.74) is 0. The fourth-order valence-corrected chi connectivity index (χ4v) is 1.54. The molecule has 4 unspecified atom stereocenters. The van der Waals surface area contributed by atoms with Gasteiger partial charge in [-0.3, -0.25) is 0 Å². The smallest absolute Gasteiger partial charge is 0.327 e. The molecule has 0 aliphatic rings. The molecule has 3 N–H and O–H groups in total. The Balaban J connectivity index is 0. The van der Waals surface area contributed by atoms with Gasteiger partial charge in [-0.15, -0.1) is 0 Å². The number of aliphatic carboxylic acids is 1. The maximum atomic E-state index is 9.71. The Morgan fingerprint density at radius 1 is 1.00 bits per heavy atom. The van der Waals surface area contributed by atoms with Crippen molar-refractivity contribution in [2.24, 2.45) is 0 Å². The summed E-state index contributed by atoms with van der Waals surface area (Å²) < 4.78 is 21.8. The van der Waals surface area contributed by atoms with Gasteiger partial charge in [-0.05, 0) is 27.2 Å². The Labute approximate surface area is 163 Å². The van der Waals surface area contributed by atoms with Crippen LogP contribution in [0.2, 0.25) is 0 Å². The lowest BCUT2D eigenvalue weighted by atomic mass is 10.3. The monoisotopic (exact) mass is 394 g/mol. The second kappa shape index (κ2) is 19.7. The van der Waals surface area contributed by atoms with Crippen molar-refractivity contribution >= 4 is 5.97 Å². The number of aliphatic hydroxyl groups excluding tert-OH is 2. The molecule has 0 aliphatic carbocycles. The van der Waals surface area contributed by atoms with E-state index < -0.39 is 12.1 Å². The highest BCUT2D eigenvalue weighted by molar-refractivity contribution is 5.78. The van der Waals surface area contributed by atoms with E-state index in [2.05, 4.69) is 13.5 Å². The fraction of sp³-hybridized carbons (Fsp3) is 0.842. The third kappa shape index (κ3) is 22.9. The quantitative estimate of drug-likeness (QED) is 0.267. The highest BCUT2D eigenvalue weighted by atomic mass is 16.6. The van der Waals surface area contributed by atoms with E-state index in [1.165, 1.54) is 0 Å². The van der Waals surface area contributed by atoms with Crippen molar-refractivity contribution in [3.05, 3.63) is 12.7 Å². The minimum Gasteiger partial charge on any atom is -0.478 e. The summed E-state index contributed by atoms with van der Waals surface area (Å²) >= 11 is 0. The van der Waals surface area contributed by atoms with Gasteiger partial charge in [0.25, 0.3) is 0 Å². The first-order chi connectivity index (χ1) is 12.8. The van der Waals surface area contributed by atoms with Gasteiger partial charge in [0.2, 0.25) is 0 Å². The van der Waals surface area contributed by atoms with Gasteiger partial charge in [0.05, 0.1) is 51.3 Å². The molecule has 0 fully saturated rings. The molecule has 0 saturated heterocycles. The lowest BCUT2D eigenvalue weighted by molar-refractivity contribution is -0.131. The highest BCUT2D eigenvalue weighted by Crippen LogP contribution is 2.01. The average molecular weight is 395 g/mol. The zero-order valence-corrected chi connectivity index (χ0v) is 17.1. The molecular formula is C19H38O8. The zero-order chi connectivity index (χ0) is 21.1. The van der Waals surface area contributed by atoms with Crippen LogP contribution in [0, 0.1) is 0 Å². The Kier molecular flexibility index (Phi) is 20.6. The zero-order valence-electron chi connectivity index (χ0n) is 17.1. The Morgan fingerprint density at radius 2 is 1.48 bits per heavy atom. The lowest BCUT2D eigenvalue weighted by Gasteiger charge is -2.20. The molecule has 0 aromatic rings. The summed E-state index contributed by atoms with van der Waals surface area (Å²) in [4.78, 5) is 9.25. The van der Waals surface area contributed by atoms with Gasteiger partial charge < -0.3 is 34.3 Å². The van der Waals surface area contributed by atoms with Crippen molar-refractivity contribution in [1.82, 2.24) is 0 Å². The first-order valence-corrected chi connectivity index (χ1v) is 9.33. The molecule has 162 valence electrons. The lowest BCUT2D eigenvalue weighted by Crippen LogP contribution is -2.29. The molecule has 0 rings (SSSR count).